The number of piperazine rings is 1. The molecule has 138 valence electrons. The fourth-order valence-corrected chi connectivity index (χ4v) is 2.99. The summed E-state index contributed by atoms with van der Waals surface area (Å²) in [6.45, 7) is 7.85. The Morgan fingerprint density at radius 2 is 1.88 bits per heavy atom. The van der Waals surface area contributed by atoms with Crippen LogP contribution in [0.1, 0.15) is 38.3 Å². The van der Waals surface area contributed by atoms with Gasteiger partial charge < -0.3 is 10.4 Å². The maximum absolute atomic E-state index is 11.4. The van der Waals surface area contributed by atoms with Crippen LogP contribution in [0.5, 0.6) is 5.75 Å². The zero-order chi connectivity index (χ0) is 16.1. The lowest BCUT2D eigenvalue weighted by atomic mass is 9.94. The highest BCUT2D eigenvalue weighted by atomic mass is 35.5. The van der Waals surface area contributed by atoms with E-state index in [0.717, 1.165) is 39.0 Å². The second-order valence-corrected chi connectivity index (χ2v) is 6.27. The lowest BCUT2D eigenvalue weighted by Gasteiger charge is -2.35. The van der Waals surface area contributed by atoms with Crippen molar-refractivity contribution in [1.82, 2.24) is 10.2 Å². The monoisotopic (exact) mass is 379 g/mol. The van der Waals surface area contributed by atoms with Crippen LogP contribution in [-0.2, 0) is 0 Å². The SMILES string of the molecule is CC(C)CC[C@H](c1cc(O)ccc1[N+](=O)[O-])N1CCNCC1.Cl.Cl. The van der Waals surface area contributed by atoms with Gasteiger partial charge in [0, 0.05) is 38.3 Å². The van der Waals surface area contributed by atoms with Crippen molar-refractivity contribution in [3.05, 3.63) is 33.9 Å². The van der Waals surface area contributed by atoms with Gasteiger partial charge in [-0.2, -0.15) is 0 Å². The van der Waals surface area contributed by atoms with Crippen LogP contribution in [-0.4, -0.2) is 41.1 Å². The Morgan fingerprint density at radius 3 is 2.42 bits per heavy atom. The topological polar surface area (TPSA) is 78.6 Å². The number of hydrogen-bond acceptors (Lipinski definition) is 5. The first-order valence-corrected chi connectivity index (χ1v) is 7.91. The summed E-state index contributed by atoms with van der Waals surface area (Å²) in [5.41, 5.74) is 0.734. The van der Waals surface area contributed by atoms with Crippen LogP contribution in [0.2, 0.25) is 0 Å². The normalized spacial score (nSPS) is 16.1. The van der Waals surface area contributed by atoms with Crippen LogP contribution in [0.4, 0.5) is 5.69 Å². The maximum Gasteiger partial charge on any atom is 0.274 e. The van der Waals surface area contributed by atoms with Crippen LogP contribution in [0.15, 0.2) is 18.2 Å². The van der Waals surface area contributed by atoms with Gasteiger partial charge in [0.05, 0.1) is 10.5 Å². The highest BCUT2D eigenvalue weighted by molar-refractivity contribution is 5.85. The van der Waals surface area contributed by atoms with E-state index in [2.05, 4.69) is 24.1 Å². The second kappa shape index (κ2) is 10.7. The van der Waals surface area contributed by atoms with Crippen molar-refractivity contribution in [3.8, 4) is 5.75 Å². The van der Waals surface area contributed by atoms with Gasteiger partial charge in [0.1, 0.15) is 5.75 Å². The van der Waals surface area contributed by atoms with Gasteiger partial charge in [-0.25, -0.2) is 0 Å². The lowest BCUT2D eigenvalue weighted by Crippen LogP contribution is -2.45. The highest BCUT2D eigenvalue weighted by Crippen LogP contribution is 2.35. The van der Waals surface area contributed by atoms with Crippen LogP contribution < -0.4 is 5.32 Å². The van der Waals surface area contributed by atoms with E-state index >= 15 is 0 Å². The number of benzene rings is 1. The standard InChI is InChI=1S/C16H25N3O3.2ClH/c1-12(2)3-5-15(18-9-7-17-8-10-18)14-11-13(20)4-6-16(14)19(21)22;;/h4,6,11-12,15,17,20H,3,5,7-10H2,1-2H3;2*1H/t15-;;/m1../s1. The molecule has 2 rings (SSSR count). The summed E-state index contributed by atoms with van der Waals surface area (Å²) in [5, 5.41) is 24.5. The number of nitrogens with one attached hydrogen (secondary N) is 1. The van der Waals surface area contributed by atoms with Gasteiger partial charge in [-0.15, -0.1) is 24.8 Å². The number of nitro groups is 1. The molecule has 0 bridgehead atoms. The van der Waals surface area contributed by atoms with Crippen LogP contribution in [0.3, 0.4) is 0 Å². The van der Waals surface area contributed by atoms with E-state index in [0.29, 0.717) is 11.5 Å². The Hall–Kier alpha value is -1.08. The van der Waals surface area contributed by atoms with Crippen LogP contribution >= 0.6 is 24.8 Å². The van der Waals surface area contributed by atoms with Gasteiger partial charge >= 0.3 is 0 Å². The Kier molecular flexibility index (Phi) is 10.2. The molecule has 0 aliphatic carbocycles. The molecule has 0 aromatic heterocycles. The molecule has 1 atom stereocenters. The van der Waals surface area contributed by atoms with Crippen LogP contribution in [0, 0.1) is 16.0 Å². The minimum absolute atomic E-state index is 0. The van der Waals surface area contributed by atoms with Crippen molar-refractivity contribution in [2.75, 3.05) is 26.2 Å². The molecule has 1 heterocycles. The highest BCUT2D eigenvalue weighted by Gasteiger charge is 2.28. The molecule has 1 fully saturated rings. The Balaban J connectivity index is 0.00000264. The molecule has 0 amide bonds. The number of nitro benzene ring substituents is 1. The third kappa shape index (κ3) is 6.09. The molecule has 0 unspecified atom stereocenters. The molecule has 1 saturated heterocycles. The molecule has 1 aliphatic heterocycles. The third-order valence-electron chi connectivity index (χ3n) is 4.18. The molecule has 6 nitrogen and oxygen atoms in total. The van der Waals surface area contributed by atoms with Crippen molar-refractivity contribution in [2.24, 2.45) is 5.92 Å². The molecule has 1 aliphatic rings. The van der Waals surface area contributed by atoms with E-state index in [9.17, 15) is 15.2 Å². The first-order chi connectivity index (χ1) is 10.5. The number of halogens is 2. The summed E-state index contributed by atoms with van der Waals surface area (Å²) in [6.07, 6.45) is 1.86. The molecule has 24 heavy (non-hydrogen) atoms. The fraction of sp³-hybridized carbons (Fsp3) is 0.625. The molecule has 2 N–H and O–H groups in total. The number of aromatic hydroxyl groups is 1. The van der Waals surface area contributed by atoms with Gasteiger partial charge in [-0.3, -0.25) is 15.0 Å². The van der Waals surface area contributed by atoms with E-state index in [1.165, 1.54) is 12.1 Å². The second-order valence-electron chi connectivity index (χ2n) is 6.27. The van der Waals surface area contributed by atoms with E-state index in [4.69, 9.17) is 0 Å². The van der Waals surface area contributed by atoms with E-state index in [1.807, 2.05) is 0 Å². The van der Waals surface area contributed by atoms with Crippen molar-refractivity contribution in [3.63, 3.8) is 0 Å². The Labute approximate surface area is 155 Å². The molecular formula is C16H27Cl2N3O3. The molecule has 1 aromatic rings. The first-order valence-electron chi connectivity index (χ1n) is 7.91. The molecule has 0 radical (unpaired) electrons. The average molecular weight is 380 g/mol. The number of nitrogens with zero attached hydrogens (tertiary/aromatic N) is 2. The van der Waals surface area contributed by atoms with E-state index in [1.54, 1.807) is 6.07 Å². The van der Waals surface area contributed by atoms with Gasteiger partial charge in [0.15, 0.2) is 0 Å². The predicted octanol–water partition coefficient (Wildman–Crippen LogP) is 3.53. The number of phenols is 1. The molecule has 0 saturated carbocycles. The van der Waals surface area contributed by atoms with E-state index < -0.39 is 0 Å². The minimum atomic E-state index is -0.348. The Morgan fingerprint density at radius 1 is 1.25 bits per heavy atom. The summed E-state index contributed by atoms with van der Waals surface area (Å²) in [4.78, 5) is 13.3. The molecule has 8 heteroatoms. The molecule has 0 spiro atoms. The summed E-state index contributed by atoms with van der Waals surface area (Å²) >= 11 is 0. The quantitative estimate of drug-likeness (QED) is 0.583. The summed E-state index contributed by atoms with van der Waals surface area (Å²) in [6, 6.07) is 4.34. The molecule has 1 aromatic carbocycles. The third-order valence-corrected chi connectivity index (χ3v) is 4.18. The summed E-state index contributed by atoms with van der Waals surface area (Å²) < 4.78 is 0. The fourth-order valence-electron chi connectivity index (χ4n) is 2.99. The maximum atomic E-state index is 11.4. The Bertz CT molecular complexity index is 523. The average Bonchev–Trinajstić information content (AvgIpc) is 2.48. The first kappa shape index (κ1) is 22.9. The number of phenolic OH excluding ortho intramolecular Hbond substituents is 1. The summed E-state index contributed by atoms with van der Waals surface area (Å²) in [7, 11) is 0. The number of hydrogen-bond donors (Lipinski definition) is 2. The van der Waals surface area contributed by atoms with Gasteiger partial charge in [-0.1, -0.05) is 13.8 Å². The molecular weight excluding hydrogens is 353 g/mol. The van der Waals surface area contributed by atoms with Gasteiger partial charge in [0.2, 0.25) is 0 Å². The van der Waals surface area contributed by atoms with Crippen molar-refractivity contribution < 1.29 is 10.0 Å². The van der Waals surface area contributed by atoms with Gasteiger partial charge in [-0.05, 0) is 30.9 Å². The summed E-state index contributed by atoms with van der Waals surface area (Å²) in [5.74, 6) is 0.632. The number of rotatable bonds is 6. The predicted molar refractivity (Wildman–Crippen MR) is 101 cm³/mol. The van der Waals surface area contributed by atoms with Crippen molar-refractivity contribution in [1.29, 1.82) is 0 Å². The zero-order valence-electron chi connectivity index (χ0n) is 14.1. The van der Waals surface area contributed by atoms with Crippen molar-refractivity contribution in [2.45, 2.75) is 32.7 Å². The van der Waals surface area contributed by atoms with Crippen LogP contribution in [0.25, 0.3) is 0 Å². The zero-order valence-corrected chi connectivity index (χ0v) is 15.7. The van der Waals surface area contributed by atoms with Crippen molar-refractivity contribution >= 4 is 30.5 Å². The van der Waals surface area contributed by atoms with Gasteiger partial charge in [0.25, 0.3) is 5.69 Å². The lowest BCUT2D eigenvalue weighted by molar-refractivity contribution is -0.386. The smallest absolute Gasteiger partial charge is 0.274 e. The largest absolute Gasteiger partial charge is 0.508 e. The van der Waals surface area contributed by atoms with E-state index in [-0.39, 0.29) is 47.2 Å². The minimum Gasteiger partial charge on any atom is -0.508 e.